The van der Waals surface area contributed by atoms with Crippen LogP contribution < -0.4 is 14.7 Å². The van der Waals surface area contributed by atoms with Crippen molar-refractivity contribution in [2.24, 2.45) is 0 Å². The van der Waals surface area contributed by atoms with E-state index in [1.165, 1.54) is 37.4 Å². The first-order valence-electron chi connectivity index (χ1n) is 15.8. The van der Waals surface area contributed by atoms with Crippen LogP contribution in [0.5, 0.6) is 0 Å². The molecule has 3 amide bonds. The fourth-order valence-electron chi connectivity index (χ4n) is 6.54. The van der Waals surface area contributed by atoms with Crippen LogP contribution in [0.25, 0.3) is 0 Å². The molecule has 0 radical (unpaired) electrons. The maximum Gasteiger partial charge on any atom is 0.430 e. The van der Waals surface area contributed by atoms with Gasteiger partial charge < -0.3 is 23.8 Å². The number of carbonyl (C=O) groups is 5. The molecule has 0 aromatic heterocycles. The second kappa shape index (κ2) is 13.7. The Morgan fingerprint density at radius 3 is 2.12 bits per heavy atom. The van der Waals surface area contributed by atoms with Crippen molar-refractivity contribution in [3.8, 4) is 0 Å². The predicted octanol–water partition coefficient (Wildman–Crippen LogP) is 3.17. The minimum atomic E-state index is -1.27. The zero-order chi connectivity index (χ0) is 35.0. The Morgan fingerprint density at radius 2 is 1.55 bits per heavy atom. The Morgan fingerprint density at radius 1 is 0.918 bits per heavy atom. The van der Waals surface area contributed by atoms with E-state index in [1.807, 2.05) is 73.6 Å². The first-order valence-corrected chi connectivity index (χ1v) is 16.6. The highest BCUT2D eigenvalue weighted by atomic mass is 32.2. The number of anilines is 2. The highest BCUT2D eigenvalue weighted by Gasteiger charge is 2.72. The third kappa shape index (κ3) is 6.41. The van der Waals surface area contributed by atoms with Crippen LogP contribution >= 0.6 is 11.8 Å². The molecule has 0 aliphatic carbocycles. The largest absolute Gasteiger partial charge is 0.626 e. The molecule has 3 aromatic carbocycles. The predicted molar refractivity (Wildman–Crippen MR) is 179 cm³/mol. The van der Waals surface area contributed by atoms with Crippen molar-refractivity contribution >= 4 is 53.0 Å². The van der Waals surface area contributed by atoms with Gasteiger partial charge in [0.1, 0.15) is 12.7 Å². The summed E-state index contributed by atoms with van der Waals surface area (Å²) < 4.78 is 21.7. The molecule has 3 aromatic rings. The number of urea groups is 1. The fraction of sp³-hybridized carbons (Fsp3) is 0.333. The first-order chi connectivity index (χ1) is 23.4. The topological polar surface area (TPSA) is 133 Å². The van der Waals surface area contributed by atoms with E-state index in [2.05, 4.69) is 0 Å². The molecule has 1 unspecified atom stereocenters. The van der Waals surface area contributed by atoms with E-state index >= 15 is 4.79 Å². The number of para-hydroxylation sites is 1. The van der Waals surface area contributed by atoms with Crippen LogP contribution in [0.15, 0.2) is 84.9 Å². The summed E-state index contributed by atoms with van der Waals surface area (Å²) in [7, 11) is 3.89. The summed E-state index contributed by atoms with van der Waals surface area (Å²) in [6.45, 7) is 3.16. The van der Waals surface area contributed by atoms with Gasteiger partial charge in [-0.3, -0.25) is 14.4 Å². The molecule has 1 N–H and O–H groups in total. The van der Waals surface area contributed by atoms with Gasteiger partial charge >= 0.3 is 23.9 Å². The number of hydrogen-bond donors (Lipinski definition) is 1. The van der Waals surface area contributed by atoms with Crippen molar-refractivity contribution in [2.75, 3.05) is 30.5 Å². The number of nitrogens with one attached hydrogen (secondary N) is 1. The van der Waals surface area contributed by atoms with E-state index in [4.69, 9.17) is 18.9 Å². The molecule has 3 fully saturated rings. The lowest BCUT2D eigenvalue weighted by Crippen LogP contribution is -3.20. The lowest BCUT2D eigenvalue weighted by atomic mass is 9.89. The van der Waals surface area contributed by atoms with Crippen LogP contribution in [0.3, 0.4) is 0 Å². The Balaban J connectivity index is 1.46. The van der Waals surface area contributed by atoms with Crippen molar-refractivity contribution in [1.29, 1.82) is 0 Å². The number of esters is 3. The van der Waals surface area contributed by atoms with Gasteiger partial charge in [0.25, 0.3) is 5.97 Å². The summed E-state index contributed by atoms with van der Waals surface area (Å²) in [5.41, 5.74) is 3.08. The standard InChI is InChI=1S/C36H36N3O9S/c1-21(40)45-20-28(46-22(2)41)30-31(47-23(3)42)29-33(48-30)38(27-14-10-7-11-15-27)35(44)39(29)34(43)36(25-12-8-6-9-13-25)32(49-36)24-16-18-26(19-17-24)37(4)5/h6-19,28-30,32-33H,20H2,1-5H3/q-1/p+1/t28-,29-,30-,32-,33+,36+/m1/s1. The van der Waals surface area contributed by atoms with E-state index in [-0.39, 0.29) is 16.3 Å². The molecule has 3 saturated heterocycles. The molecule has 3 aliphatic heterocycles. The second-order valence-electron chi connectivity index (χ2n) is 12.2. The Kier molecular flexibility index (Phi) is 9.52. The zero-order valence-electron chi connectivity index (χ0n) is 27.7. The minimum absolute atomic E-state index is 0.0771. The summed E-state index contributed by atoms with van der Waals surface area (Å²) in [4.78, 5) is 69.7. The highest BCUT2D eigenvalue weighted by molar-refractivity contribution is 8.08. The smallest absolute Gasteiger partial charge is 0.430 e. The summed E-state index contributed by atoms with van der Waals surface area (Å²) in [6.07, 6.45) is -3.73. The van der Waals surface area contributed by atoms with E-state index in [0.717, 1.165) is 16.8 Å². The van der Waals surface area contributed by atoms with Crippen LogP contribution in [0, 0.1) is 6.10 Å². The number of nitrogens with zero attached hydrogens (tertiary/aromatic N) is 2. The molecule has 6 rings (SSSR count). The molecule has 3 aliphatic rings. The number of ether oxygens (including phenoxy) is 4. The number of quaternary nitrogens is 1. The van der Waals surface area contributed by atoms with Crippen molar-refractivity contribution in [3.63, 3.8) is 0 Å². The van der Waals surface area contributed by atoms with E-state index in [9.17, 15) is 19.2 Å². The minimum Gasteiger partial charge on any atom is -0.626 e. The SMILES string of the molecule is CC(=O)OC[C@@H](OC(C)=O)[C@H]1O[C@H]2[C@@H]([C-]1OC(C)=O)[NH+](C(=O)[C@@]1(c3ccccc3)S[C@@H]1c1ccc(N(C)C)cc1)C(=O)N2c1ccccc1. The summed E-state index contributed by atoms with van der Waals surface area (Å²) in [6, 6.07) is 24.2. The van der Waals surface area contributed by atoms with Crippen LogP contribution in [0.2, 0.25) is 0 Å². The highest BCUT2D eigenvalue weighted by Crippen LogP contribution is 2.71. The van der Waals surface area contributed by atoms with Crippen LogP contribution in [-0.2, 0) is 42.9 Å². The summed E-state index contributed by atoms with van der Waals surface area (Å²) in [5, 5.41) is -0.323. The van der Waals surface area contributed by atoms with Gasteiger partial charge in [-0.05, 0) is 41.5 Å². The molecule has 3 heterocycles. The average Bonchev–Trinajstić information content (AvgIpc) is 3.66. The van der Waals surface area contributed by atoms with Gasteiger partial charge in [0.15, 0.2) is 11.0 Å². The molecule has 13 heteroatoms. The number of hydrogen-bond acceptors (Lipinski definition) is 11. The molecule has 49 heavy (non-hydrogen) atoms. The first kappa shape index (κ1) is 34.2. The van der Waals surface area contributed by atoms with Gasteiger partial charge in [-0.2, -0.15) is 0 Å². The third-order valence-corrected chi connectivity index (χ3v) is 10.3. The van der Waals surface area contributed by atoms with Gasteiger partial charge in [-0.1, -0.05) is 60.7 Å². The van der Waals surface area contributed by atoms with Crippen LogP contribution in [0.1, 0.15) is 37.1 Å². The number of imide groups is 1. The number of benzene rings is 3. The van der Waals surface area contributed by atoms with Crippen molar-refractivity contribution in [2.45, 2.75) is 55.2 Å². The molecule has 0 bridgehead atoms. The van der Waals surface area contributed by atoms with Crippen molar-refractivity contribution in [1.82, 2.24) is 0 Å². The number of rotatable bonds is 10. The Hall–Kier alpha value is -4.72. The monoisotopic (exact) mass is 687 g/mol. The Labute approximate surface area is 288 Å². The third-order valence-electron chi connectivity index (χ3n) is 8.69. The maximum atomic E-state index is 15.2. The van der Waals surface area contributed by atoms with Gasteiger partial charge in [0, 0.05) is 46.7 Å². The van der Waals surface area contributed by atoms with Gasteiger partial charge in [0.05, 0.1) is 17.0 Å². The number of carbonyl (C=O) groups excluding carboxylic acids is 5. The van der Waals surface area contributed by atoms with E-state index < -0.39 is 65.7 Å². The van der Waals surface area contributed by atoms with Gasteiger partial charge in [-0.15, -0.1) is 11.8 Å². The number of thioether (sulfide) groups is 1. The molecule has 12 nitrogen and oxygen atoms in total. The lowest BCUT2D eigenvalue weighted by Gasteiger charge is -2.38. The van der Waals surface area contributed by atoms with Gasteiger partial charge in [0.2, 0.25) is 0 Å². The molecule has 7 atom stereocenters. The summed E-state index contributed by atoms with van der Waals surface area (Å²) in [5.74, 6) is -2.50. The quantitative estimate of drug-likeness (QED) is 0.146. The van der Waals surface area contributed by atoms with Gasteiger partial charge in [-0.25, -0.2) is 19.4 Å². The van der Waals surface area contributed by atoms with Crippen LogP contribution in [0.4, 0.5) is 16.2 Å². The normalized spacial score (nSPS) is 26.4. The lowest BCUT2D eigenvalue weighted by molar-refractivity contribution is -0.752. The average molecular weight is 688 g/mol. The van der Waals surface area contributed by atoms with E-state index in [1.54, 1.807) is 30.3 Å². The second-order valence-corrected chi connectivity index (χ2v) is 13.6. The molecular weight excluding hydrogens is 650 g/mol. The molecule has 0 saturated carbocycles. The van der Waals surface area contributed by atoms with E-state index in [0.29, 0.717) is 5.69 Å². The maximum absolute atomic E-state index is 15.2. The summed E-state index contributed by atoms with van der Waals surface area (Å²) >= 11 is 1.44. The Bertz CT molecular complexity index is 1740. The van der Waals surface area contributed by atoms with Crippen molar-refractivity contribution < 1.29 is 47.8 Å². The van der Waals surface area contributed by atoms with Crippen molar-refractivity contribution in [3.05, 3.63) is 102 Å². The van der Waals surface area contributed by atoms with Crippen LogP contribution in [-0.4, -0.2) is 75.0 Å². The molecule has 0 spiro atoms. The molecular formula is C36H37N3O9S. The molecule has 256 valence electrons. The number of fused-ring (bicyclic) bond motifs is 1. The number of amides is 3. The zero-order valence-corrected chi connectivity index (χ0v) is 28.5. The fourth-order valence-corrected chi connectivity index (χ4v) is 8.01.